The number of nitrogens with one attached hydrogen (secondary N) is 3. The molecule has 2 aliphatic rings. The van der Waals surface area contributed by atoms with Gasteiger partial charge >= 0.3 is 6.09 Å². The molecule has 10 aromatic heterocycles. The highest BCUT2D eigenvalue weighted by molar-refractivity contribution is 5.99. The van der Waals surface area contributed by atoms with Crippen LogP contribution in [0, 0.1) is 68.9 Å². The lowest BCUT2D eigenvalue weighted by molar-refractivity contribution is 0.0520. The highest BCUT2D eigenvalue weighted by Gasteiger charge is 2.28. The topological polar surface area (TPSA) is 367 Å². The average Bonchev–Trinajstić information content (AvgIpc) is 1.66. The van der Waals surface area contributed by atoms with Gasteiger partial charge in [-0.25, -0.2) is 51.1 Å². The molecule has 0 bridgehead atoms. The number of fused-ring (bicyclic) bond motifs is 2. The van der Waals surface area contributed by atoms with Crippen LogP contribution in [0.1, 0.15) is 54.0 Å². The Morgan fingerprint density at radius 1 is 0.438 bits per heavy atom. The van der Waals surface area contributed by atoms with Crippen molar-refractivity contribution >= 4 is 12.0 Å². The minimum atomic E-state index is -0.693. The van der Waals surface area contributed by atoms with Gasteiger partial charge in [0.15, 0.2) is 45.8 Å². The first-order valence-corrected chi connectivity index (χ1v) is 39.7. The predicted molar refractivity (Wildman–Crippen MR) is 463 cm³/mol. The van der Waals surface area contributed by atoms with Crippen LogP contribution in [0.5, 0.6) is 23.0 Å². The number of rotatable bonds is 17. The zero-order chi connectivity index (χ0) is 90.7. The van der Waals surface area contributed by atoms with Gasteiger partial charge in [0.2, 0.25) is 0 Å². The molecule has 0 fully saturated rings. The number of halogens is 6. The molecule has 5 aromatic carbocycles. The van der Waals surface area contributed by atoms with Gasteiger partial charge in [0.05, 0.1) is 18.8 Å². The molecular weight excluding hydrogens is 1650 g/mol. The number of ether oxygens (including phenoxy) is 5. The Kier molecular flexibility index (Phi) is 28.6. The summed E-state index contributed by atoms with van der Waals surface area (Å²) in [5, 5.41) is 58.7. The molecule has 29 nitrogen and oxygen atoms in total. The Bertz CT molecular complexity index is 6610. The van der Waals surface area contributed by atoms with E-state index in [0.717, 1.165) is 73.8 Å². The van der Waals surface area contributed by atoms with Crippen LogP contribution in [0.25, 0.3) is 112 Å². The molecule has 5 N–H and O–H groups in total. The third kappa shape index (κ3) is 21.7. The Hall–Kier alpha value is -16.2. The van der Waals surface area contributed by atoms with E-state index in [1.807, 2.05) is 50.9 Å². The molecule has 0 aliphatic carbocycles. The van der Waals surface area contributed by atoms with Crippen LogP contribution in [0.4, 0.5) is 31.1 Å². The number of amides is 2. The Morgan fingerprint density at radius 3 is 1.17 bits per heavy atom. The summed E-state index contributed by atoms with van der Waals surface area (Å²) < 4.78 is 117. The summed E-state index contributed by atoms with van der Waals surface area (Å²) >= 11 is 0. The van der Waals surface area contributed by atoms with Gasteiger partial charge in [-0.05, 0) is 172 Å². The van der Waals surface area contributed by atoms with Crippen LogP contribution in [0.15, 0.2) is 214 Å². The number of carbonyl (C=O) groups is 2. The van der Waals surface area contributed by atoms with Gasteiger partial charge in [0, 0.05) is 200 Å². The second-order valence-corrected chi connectivity index (χ2v) is 29.5. The summed E-state index contributed by atoms with van der Waals surface area (Å²) in [7, 11) is 8.96. The standard InChI is InChI=1S/C23H24FN5O3.C18H16FN5O.C18H15FN4O2.C18H17FN4O.C16H10F2N4/c1-23(2,3)32-22(30)27-11-12-31-21-17(9-10-26-19(21)13-25)18-14-29(4)28-20(18)15-5-7-16(24)8-6-15;1-24-11-15(17(23-24)12-2-4-13(19)5-3-12)14-6-8-22-16(10-21)18(14)25-9-7-20;1-23-10-14(15(22-23)11-2-4-12(19)5-3-11)13-6-7-20-16-17(13)25-9-8-21-18(16)24;1-23-11-15(17(22-23)12-2-4-13(19)5-3-12)14-6-7-21-16-10-20-8-9-24-18(14)16;1-22-9-13(12-6-7-20-14(8-19)15(12)18)16(21-22)10-2-4-11(17)5-3-10/h5-10,14H,11-12H2,1-4H3,(H,27,30);2-6,8,11H,7,9,20H2,1H3;2-7,10H,8-9H2,1H3,(H,21,24);2-7,11,20H,8-10H2,1H3;2-7,9H,1H3. The third-order valence-electron chi connectivity index (χ3n) is 19.1. The molecule has 15 aromatic rings. The number of hydrogen-bond acceptors (Lipinski definition) is 22. The molecular formula is C93H82F6N22O7. The highest BCUT2D eigenvalue weighted by Crippen LogP contribution is 2.44. The number of benzene rings is 5. The molecule has 0 radical (unpaired) electrons. The molecule has 2 aliphatic heterocycles. The van der Waals surface area contributed by atoms with Crippen molar-refractivity contribution in [3.05, 3.63) is 277 Å². The number of nitriles is 3. The van der Waals surface area contributed by atoms with Crippen LogP contribution in [-0.2, 0) is 46.5 Å². The van der Waals surface area contributed by atoms with Crippen LogP contribution < -0.4 is 40.6 Å². The van der Waals surface area contributed by atoms with E-state index in [9.17, 15) is 46.5 Å². The lowest BCUT2D eigenvalue weighted by Crippen LogP contribution is -2.34. The quantitative estimate of drug-likeness (QED) is 0.0486. The molecule has 17 rings (SSSR count). The molecule has 0 spiro atoms. The van der Waals surface area contributed by atoms with Crippen molar-refractivity contribution in [3.63, 3.8) is 0 Å². The SMILES string of the molecule is Cn1cc(-c2ccnc(C#N)c2F)c(-c2ccc(F)cc2)n1.Cn1cc(-c2ccnc(C#N)c2OCCN)c(-c2ccc(F)cc2)n1.Cn1cc(-c2ccnc(C#N)c2OCCNC(=O)OC(C)(C)C)c(-c2ccc(F)cc2)n1.Cn1cc(-c2ccnc3c2OCCNC3)c(-c2ccc(F)cc2)n1.Cn1cc(-c2ccnc3c2OCCNC3=O)c(-c2ccc(F)cc2)n1. The summed E-state index contributed by atoms with van der Waals surface area (Å²) in [5.74, 6) is -0.669. The molecule has 0 saturated carbocycles. The second-order valence-electron chi connectivity index (χ2n) is 29.5. The Morgan fingerprint density at radius 2 is 0.773 bits per heavy atom. The zero-order valence-corrected chi connectivity index (χ0v) is 70.3. The van der Waals surface area contributed by atoms with Crippen LogP contribution in [0.2, 0.25) is 0 Å². The van der Waals surface area contributed by atoms with Crippen LogP contribution in [-0.4, -0.2) is 144 Å². The molecule has 0 saturated heterocycles. The van der Waals surface area contributed by atoms with Crippen molar-refractivity contribution in [2.75, 3.05) is 52.6 Å². The van der Waals surface area contributed by atoms with Gasteiger partial charge < -0.3 is 45.4 Å². The Balaban J connectivity index is 0.000000137. The number of nitrogens with zero attached hydrogens (tertiary/aromatic N) is 18. The molecule has 0 unspecified atom stereocenters. The van der Waals surface area contributed by atoms with Gasteiger partial charge in [0.25, 0.3) is 5.91 Å². The van der Waals surface area contributed by atoms with Gasteiger partial charge in [-0.3, -0.25) is 33.2 Å². The van der Waals surface area contributed by atoms with E-state index in [2.05, 4.69) is 66.4 Å². The first kappa shape index (κ1) is 89.6. The normalized spacial score (nSPS) is 11.9. The van der Waals surface area contributed by atoms with E-state index in [-0.39, 0.29) is 88.8 Å². The number of pyridine rings is 5. The van der Waals surface area contributed by atoms with E-state index >= 15 is 0 Å². The first-order valence-electron chi connectivity index (χ1n) is 39.7. The molecule has 648 valence electrons. The number of aromatic nitrogens is 15. The lowest BCUT2D eigenvalue weighted by Gasteiger charge is -2.19. The van der Waals surface area contributed by atoms with E-state index in [1.54, 1.807) is 181 Å². The molecule has 35 heteroatoms. The summed E-state index contributed by atoms with van der Waals surface area (Å²) in [4.78, 5) is 44.4. The van der Waals surface area contributed by atoms with E-state index in [4.69, 9.17) is 34.7 Å². The van der Waals surface area contributed by atoms with Gasteiger partial charge in [0.1, 0.15) is 114 Å². The van der Waals surface area contributed by atoms with E-state index in [0.29, 0.717) is 94.9 Å². The fourth-order valence-electron chi connectivity index (χ4n) is 13.6. The largest absolute Gasteiger partial charge is 0.490 e. The van der Waals surface area contributed by atoms with Crippen molar-refractivity contribution < 1.29 is 59.6 Å². The molecule has 128 heavy (non-hydrogen) atoms. The highest BCUT2D eigenvalue weighted by atomic mass is 19.1. The predicted octanol–water partition coefficient (Wildman–Crippen LogP) is 15.0. The lowest BCUT2D eigenvalue weighted by atomic mass is 10.0. The zero-order valence-electron chi connectivity index (χ0n) is 70.3. The number of aryl methyl sites for hydroxylation is 5. The van der Waals surface area contributed by atoms with E-state index < -0.39 is 17.5 Å². The maximum atomic E-state index is 14.3. The second kappa shape index (κ2) is 40.9. The number of hydrogen-bond donors (Lipinski definition) is 4. The minimum absolute atomic E-state index is 0.0960. The van der Waals surface area contributed by atoms with Gasteiger partial charge in [-0.2, -0.15) is 41.3 Å². The van der Waals surface area contributed by atoms with Crippen molar-refractivity contribution in [2.45, 2.75) is 32.9 Å². The fourth-order valence-corrected chi connectivity index (χ4v) is 13.6. The average molecular weight is 1730 g/mol. The number of nitrogens with two attached hydrogens (primary N) is 1. The number of alkyl carbamates (subject to hydrolysis) is 1. The maximum absolute atomic E-state index is 14.3. The minimum Gasteiger partial charge on any atom is -0.490 e. The molecule has 2 amide bonds. The van der Waals surface area contributed by atoms with Gasteiger partial charge in [-0.15, -0.1) is 0 Å². The van der Waals surface area contributed by atoms with Crippen molar-refractivity contribution in [1.29, 1.82) is 15.8 Å². The smallest absolute Gasteiger partial charge is 0.407 e. The first-order chi connectivity index (χ1) is 61.8. The van der Waals surface area contributed by atoms with Crippen LogP contribution >= 0.6 is 0 Å². The third-order valence-corrected chi connectivity index (χ3v) is 19.1. The number of carbonyl (C=O) groups excluding carboxylic acids is 2. The molecule has 0 atom stereocenters. The monoisotopic (exact) mass is 1730 g/mol. The van der Waals surface area contributed by atoms with Crippen molar-refractivity contribution in [2.24, 2.45) is 41.0 Å². The van der Waals surface area contributed by atoms with Gasteiger partial charge in [-0.1, -0.05) is 0 Å². The van der Waals surface area contributed by atoms with E-state index in [1.165, 1.54) is 79.1 Å². The Labute approximate surface area is 730 Å². The van der Waals surface area contributed by atoms with Crippen molar-refractivity contribution in [1.82, 2.24) is 89.8 Å². The fraction of sp³-hybridized carbons (Fsp3) is 0.194. The summed E-state index contributed by atoms with van der Waals surface area (Å²) in [6, 6.07) is 44.9. The molecule has 12 heterocycles. The summed E-state index contributed by atoms with van der Waals surface area (Å²) in [5.41, 5.74) is 20.1. The summed E-state index contributed by atoms with van der Waals surface area (Å²) in [6.45, 7) is 9.02. The van der Waals surface area contributed by atoms with Crippen LogP contribution in [0.3, 0.4) is 0 Å². The van der Waals surface area contributed by atoms with Crippen molar-refractivity contribution in [3.8, 4) is 153 Å². The summed E-state index contributed by atoms with van der Waals surface area (Å²) in [6.07, 6.45) is 16.3. The maximum Gasteiger partial charge on any atom is 0.407 e.